The van der Waals surface area contributed by atoms with Crippen LogP contribution in [0.25, 0.3) is 11.2 Å². The van der Waals surface area contributed by atoms with E-state index in [9.17, 15) is 14.0 Å². The first-order valence-corrected chi connectivity index (χ1v) is 13.0. The number of carbonyl (C=O) groups is 1. The number of aromatic nitrogens is 4. The Balaban J connectivity index is 1.17. The number of likely N-dealkylation sites (tertiary alicyclic amines) is 1. The number of fused-ring (bicyclic) bond motifs is 2. The monoisotopic (exact) mass is 516 g/mol. The van der Waals surface area contributed by atoms with Gasteiger partial charge in [0.1, 0.15) is 11.9 Å². The number of nitrogens with two attached hydrogens (primary N) is 1. The van der Waals surface area contributed by atoms with Crippen molar-refractivity contribution < 1.29 is 13.9 Å². The number of pyridine rings is 2. The zero-order valence-electron chi connectivity index (χ0n) is 20.8. The van der Waals surface area contributed by atoms with E-state index in [1.807, 2.05) is 30.3 Å². The number of ether oxygens (including phenoxy) is 1. The summed E-state index contributed by atoms with van der Waals surface area (Å²) in [7, 11) is 0. The molecule has 1 amide bonds. The maximum Gasteiger partial charge on any atom is 0.410 e. The predicted octanol–water partition coefficient (Wildman–Crippen LogP) is 4.35. The molecule has 0 radical (unpaired) electrons. The van der Waals surface area contributed by atoms with Crippen LogP contribution in [-0.2, 0) is 4.74 Å². The number of amides is 1. The molecule has 1 saturated heterocycles. The Hall–Kier alpha value is -4.05. The standard InChI is InChI=1S/C28H29FN6O3/c29-18-5-1-4-17(16-18)20-8-9-23(25-21(24(20)30)6-2-12-31-25)38-28(37)34-14-10-19(11-15-34)35-22-7-3-13-32-26(22)33-27(35)36/h1-7,12-13,16,19-20,23-24H,8-11,14-15,30H2,(H,32,33,36)/t20-,23+,24-/m0/s1. The fourth-order valence-electron chi connectivity index (χ4n) is 5.89. The van der Waals surface area contributed by atoms with E-state index < -0.39 is 18.2 Å². The lowest BCUT2D eigenvalue weighted by molar-refractivity contribution is 0.0473. The van der Waals surface area contributed by atoms with Gasteiger partial charge in [0.25, 0.3) is 0 Å². The third-order valence-electron chi connectivity index (χ3n) is 7.81. The van der Waals surface area contributed by atoms with Gasteiger partial charge in [0, 0.05) is 43.5 Å². The van der Waals surface area contributed by atoms with Crippen molar-refractivity contribution in [3.8, 4) is 0 Å². The second kappa shape index (κ2) is 10.0. The molecule has 38 heavy (non-hydrogen) atoms. The molecule has 3 atom stereocenters. The quantitative estimate of drug-likeness (QED) is 0.391. The van der Waals surface area contributed by atoms with Gasteiger partial charge >= 0.3 is 11.8 Å². The van der Waals surface area contributed by atoms with E-state index in [2.05, 4.69) is 15.0 Å². The van der Waals surface area contributed by atoms with Crippen LogP contribution in [0.1, 0.15) is 66.6 Å². The lowest BCUT2D eigenvalue weighted by Crippen LogP contribution is -2.41. The number of aromatic amines is 1. The molecule has 0 unspecified atom stereocenters. The first kappa shape index (κ1) is 24.3. The van der Waals surface area contributed by atoms with Crippen LogP contribution in [0, 0.1) is 5.82 Å². The predicted molar refractivity (Wildman–Crippen MR) is 139 cm³/mol. The molecule has 0 saturated carbocycles. The van der Waals surface area contributed by atoms with Gasteiger partial charge in [-0.1, -0.05) is 18.2 Å². The summed E-state index contributed by atoms with van der Waals surface area (Å²) in [6, 6.07) is 13.5. The summed E-state index contributed by atoms with van der Waals surface area (Å²) >= 11 is 0. The molecule has 6 rings (SSSR count). The van der Waals surface area contributed by atoms with Crippen LogP contribution in [0.5, 0.6) is 0 Å². The van der Waals surface area contributed by atoms with Crippen LogP contribution in [-0.4, -0.2) is 43.6 Å². The molecule has 4 aromatic rings. The van der Waals surface area contributed by atoms with Crippen LogP contribution in [0.3, 0.4) is 0 Å². The van der Waals surface area contributed by atoms with Crippen LogP contribution >= 0.6 is 0 Å². The van der Waals surface area contributed by atoms with Gasteiger partial charge < -0.3 is 15.4 Å². The molecule has 10 heteroatoms. The van der Waals surface area contributed by atoms with Gasteiger partial charge in [-0.25, -0.2) is 19.0 Å². The number of H-pyrrole nitrogens is 1. The number of imidazole rings is 1. The lowest BCUT2D eigenvalue weighted by atomic mass is 9.86. The smallest absolute Gasteiger partial charge is 0.410 e. The molecule has 2 aliphatic rings. The molecule has 0 bridgehead atoms. The average Bonchev–Trinajstić information content (AvgIpc) is 3.20. The average molecular weight is 517 g/mol. The van der Waals surface area contributed by atoms with Gasteiger partial charge in [-0.2, -0.15) is 0 Å². The second-order valence-corrected chi connectivity index (χ2v) is 10.0. The fraction of sp³-hybridized carbons (Fsp3) is 0.357. The summed E-state index contributed by atoms with van der Waals surface area (Å²) in [5.74, 6) is -0.431. The molecule has 1 aliphatic carbocycles. The molecule has 1 aliphatic heterocycles. The van der Waals surface area contributed by atoms with E-state index in [-0.39, 0.29) is 23.5 Å². The molecule has 196 valence electrons. The fourth-order valence-corrected chi connectivity index (χ4v) is 5.89. The summed E-state index contributed by atoms with van der Waals surface area (Å²) in [5, 5.41) is 0. The summed E-state index contributed by atoms with van der Waals surface area (Å²) < 4.78 is 21.7. The van der Waals surface area contributed by atoms with Crippen molar-refractivity contribution in [1.29, 1.82) is 0 Å². The van der Waals surface area contributed by atoms with Crippen molar-refractivity contribution in [2.24, 2.45) is 5.73 Å². The highest BCUT2D eigenvalue weighted by Gasteiger charge is 2.35. The minimum atomic E-state index is -0.552. The zero-order chi connectivity index (χ0) is 26.2. The highest BCUT2D eigenvalue weighted by atomic mass is 19.1. The van der Waals surface area contributed by atoms with Gasteiger partial charge in [0.05, 0.1) is 11.2 Å². The van der Waals surface area contributed by atoms with E-state index in [4.69, 9.17) is 10.5 Å². The number of benzene rings is 1. The SMILES string of the molecule is N[C@@H]1c2cccnc2[C@H](OC(=O)N2CCC(n3c(=O)[nH]c4ncccc43)CC2)CC[C@H]1c1cccc(F)c1. The van der Waals surface area contributed by atoms with Crippen LogP contribution < -0.4 is 11.4 Å². The van der Waals surface area contributed by atoms with Gasteiger partial charge in [-0.3, -0.25) is 14.5 Å². The third kappa shape index (κ3) is 4.45. The van der Waals surface area contributed by atoms with E-state index in [1.165, 1.54) is 12.1 Å². The summed E-state index contributed by atoms with van der Waals surface area (Å²) in [4.78, 5) is 39.1. The Bertz CT molecular complexity index is 1530. The molecule has 3 N–H and O–H groups in total. The number of halogens is 1. The number of nitrogens with one attached hydrogen (secondary N) is 1. The van der Waals surface area contributed by atoms with E-state index >= 15 is 0 Å². The molecule has 1 fully saturated rings. The topological polar surface area (TPSA) is 119 Å². The minimum Gasteiger partial charge on any atom is -0.440 e. The molecular formula is C28H29FN6O3. The molecule has 4 heterocycles. The van der Waals surface area contributed by atoms with Gasteiger partial charge in [0.15, 0.2) is 5.65 Å². The Morgan fingerprint density at radius 2 is 1.82 bits per heavy atom. The maximum atomic E-state index is 14.0. The number of hydrogen-bond donors (Lipinski definition) is 2. The number of hydrogen-bond acceptors (Lipinski definition) is 6. The number of carbonyl (C=O) groups excluding carboxylic acids is 1. The first-order chi connectivity index (χ1) is 18.5. The second-order valence-electron chi connectivity index (χ2n) is 10.0. The van der Waals surface area contributed by atoms with Crippen LogP contribution in [0.15, 0.2) is 65.7 Å². The zero-order valence-corrected chi connectivity index (χ0v) is 20.8. The largest absolute Gasteiger partial charge is 0.440 e. The van der Waals surface area contributed by atoms with Crippen molar-refractivity contribution in [3.05, 3.63) is 94.0 Å². The summed E-state index contributed by atoms with van der Waals surface area (Å²) in [6.45, 7) is 0.937. The first-order valence-electron chi connectivity index (χ1n) is 13.0. The van der Waals surface area contributed by atoms with Gasteiger partial charge in [-0.15, -0.1) is 0 Å². The van der Waals surface area contributed by atoms with Crippen LogP contribution in [0.2, 0.25) is 0 Å². The molecule has 3 aromatic heterocycles. The normalized spacial score (nSPS) is 22.2. The Labute approximate surface area is 218 Å². The highest BCUT2D eigenvalue weighted by molar-refractivity contribution is 5.70. The van der Waals surface area contributed by atoms with Gasteiger partial charge in [0.2, 0.25) is 0 Å². The minimum absolute atomic E-state index is 0.0326. The summed E-state index contributed by atoms with van der Waals surface area (Å²) in [5.41, 5.74) is 10.1. The Morgan fingerprint density at radius 3 is 2.63 bits per heavy atom. The summed E-state index contributed by atoms with van der Waals surface area (Å²) in [6.07, 6.45) is 4.77. The van der Waals surface area contributed by atoms with E-state index in [0.29, 0.717) is 50.1 Å². The Morgan fingerprint density at radius 1 is 1.03 bits per heavy atom. The Kier molecular flexibility index (Phi) is 6.40. The molecular weight excluding hydrogens is 487 g/mol. The lowest BCUT2D eigenvalue weighted by Gasteiger charge is -2.33. The number of piperidine rings is 1. The van der Waals surface area contributed by atoms with Crippen molar-refractivity contribution in [2.45, 2.75) is 49.8 Å². The van der Waals surface area contributed by atoms with Crippen molar-refractivity contribution in [1.82, 2.24) is 24.4 Å². The van der Waals surface area contributed by atoms with Gasteiger partial charge in [-0.05, 0) is 67.1 Å². The van der Waals surface area contributed by atoms with Crippen LogP contribution in [0.4, 0.5) is 9.18 Å². The van der Waals surface area contributed by atoms with Crippen molar-refractivity contribution in [3.63, 3.8) is 0 Å². The number of rotatable bonds is 3. The third-order valence-corrected chi connectivity index (χ3v) is 7.81. The number of nitrogens with zero attached hydrogens (tertiary/aromatic N) is 4. The van der Waals surface area contributed by atoms with E-state index in [0.717, 1.165) is 16.6 Å². The molecule has 0 spiro atoms. The highest BCUT2D eigenvalue weighted by Crippen LogP contribution is 2.42. The molecule has 9 nitrogen and oxygen atoms in total. The van der Waals surface area contributed by atoms with Crippen molar-refractivity contribution >= 4 is 17.3 Å². The molecule has 1 aromatic carbocycles. The van der Waals surface area contributed by atoms with Crippen molar-refractivity contribution in [2.75, 3.05) is 13.1 Å². The maximum absolute atomic E-state index is 14.0. The van der Waals surface area contributed by atoms with E-state index in [1.54, 1.807) is 27.9 Å².